The van der Waals surface area contributed by atoms with Gasteiger partial charge in [0.15, 0.2) is 0 Å². The fraction of sp³-hybridized carbons (Fsp3) is 0.800. The van der Waals surface area contributed by atoms with E-state index in [1.807, 2.05) is 27.7 Å². The van der Waals surface area contributed by atoms with Crippen molar-refractivity contribution in [1.82, 2.24) is 15.1 Å². The SMILES string of the molecule is Cc1nnc(COC2(C)CCN(C(=O)OC(C)(C)C)CC2)o1. The summed E-state index contributed by atoms with van der Waals surface area (Å²) >= 11 is 0. The van der Waals surface area contributed by atoms with Crippen LogP contribution in [0.5, 0.6) is 0 Å². The van der Waals surface area contributed by atoms with Crippen LogP contribution in [0.1, 0.15) is 52.3 Å². The summed E-state index contributed by atoms with van der Waals surface area (Å²) in [5.74, 6) is 1.01. The molecule has 124 valence electrons. The highest BCUT2D eigenvalue weighted by Gasteiger charge is 2.34. The molecule has 22 heavy (non-hydrogen) atoms. The highest BCUT2D eigenvalue weighted by Crippen LogP contribution is 2.27. The number of amides is 1. The Kier molecular flexibility index (Phi) is 4.75. The average Bonchev–Trinajstić information content (AvgIpc) is 2.81. The molecule has 1 fully saturated rings. The van der Waals surface area contributed by atoms with Crippen LogP contribution >= 0.6 is 0 Å². The fourth-order valence-electron chi connectivity index (χ4n) is 2.26. The number of piperidine rings is 1. The normalized spacial score (nSPS) is 18.3. The van der Waals surface area contributed by atoms with Crippen molar-refractivity contribution in [3.63, 3.8) is 0 Å². The summed E-state index contributed by atoms with van der Waals surface area (Å²) in [5.41, 5.74) is -0.759. The Morgan fingerprint density at radius 2 is 1.95 bits per heavy atom. The highest BCUT2D eigenvalue weighted by molar-refractivity contribution is 5.68. The molecule has 0 N–H and O–H groups in total. The fourth-order valence-corrected chi connectivity index (χ4v) is 2.26. The molecule has 1 aliphatic rings. The minimum Gasteiger partial charge on any atom is -0.444 e. The third-order valence-electron chi connectivity index (χ3n) is 3.58. The Labute approximate surface area is 131 Å². The van der Waals surface area contributed by atoms with E-state index in [0.29, 0.717) is 31.5 Å². The standard InChI is InChI=1S/C15H25N3O4/c1-11-16-17-12(21-11)10-20-15(5)6-8-18(9-7-15)13(19)22-14(2,3)4/h6-10H2,1-5H3. The zero-order valence-electron chi connectivity index (χ0n) is 14.0. The number of likely N-dealkylation sites (tertiary alicyclic amines) is 1. The molecule has 0 atom stereocenters. The molecule has 1 amide bonds. The van der Waals surface area contributed by atoms with Crippen LogP contribution in [0.2, 0.25) is 0 Å². The minimum absolute atomic E-state index is 0.262. The predicted molar refractivity (Wildman–Crippen MR) is 79.3 cm³/mol. The molecular weight excluding hydrogens is 286 g/mol. The summed E-state index contributed by atoms with van der Waals surface area (Å²) < 4.78 is 16.6. The first-order valence-electron chi connectivity index (χ1n) is 7.58. The van der Waals surface area contributed by atoms with Crippen LogP contribution in [0.25, 0.3) is 0 Å². The summed E-state index contributed by atoms with van der Waals surface area (Å²) in [6, 6.07) is 0. The van der Waals surface area contributed by atoms with Gasteiger partial charge < -0.3 is 18.8 Å². The summed E-state index contributed by atoms with van der Waals surface area (Å²) in [6.45, 7) is 10.9. The second-order valence-corrected chi connectivity index (χ2v) is 6.92. The molecule has 1 saturated heterocycles. The second kappa shape index (κ2) is 6.24. The van der Waals surface area contributed by atoms with Gasteiger partial charge in [-0.05, 0) is 40.5 Å². The molecule has 0 spiro atoms. The predicted octanol–water partition coefficient (Wildman–Crippen LogP) is 2.68. The first-order valence-corrected chi connectivity index (χ1v) is 7.58. The first kappa shape index (κ1) is 16.7. The van der Waals surface area contributed by atoms with Crippen LogP contribution in [0.3, 0.4) is 0 Å². The number of ether oxygens (including phenoxy) is 2. The van der Waals surface area contributed by atoms with Gasteiger partial charge in [-0.1, -0.05) is 0 Å². The molecule has 2 heterocycles. The maximum atomic E-state index is 12.0. The zero-order chi connectivity index (χ0) is 16.4. The highest BCUT2D eigenvalue weighted by atomic mass is 16.6. The van der Waals surface area contributed by atoms with E-state index in [1.165, 1.54) is 0 Å². The largest absolute Gasteiger partial charge is 0.444 e. The van der Waals surface area contributed by atoms with E-state index in [1.54, 1.807) is 11.8 Å². The Morgan fingerprint density at radius 3 is 2.45 bits per heavy atom. The first-order chi connectivity index (χ1) is 10.2. The molecule has 1 aliphatic heterocycles. The summed E-state index contributed by atoms with van der Waals surface area (Å²) in [7, 11) is 0. The number of carbonyl (C=O) groups excluding carboxylic acids is 1. The minimum atomic E-state index is -0.468. The van der Waals surface area contributed by atoms with Crippen molar-refractivity contribution in [2.45, 2.75) is 65.3 Å². The molecule has 0 saturated carbocycles. The molecule has 1 aromatic rings. The number of aromatic nitrogens is 2. The molecule has 7 heteroatoms. The molecule has 0 unspecified atom stereocenters. The number of aryl methyl sites for hydroxylation is 1. The third-order valence-corrected chi connectivity index (χ3v) is 3.58. The lowest BCUT2D eigenvalue weighted by Gasteiger charge is -2.39. The Morgan fingerprint density at radius 1 is 1.32 bits per heavy atom. The van der Waals surface area contributed by atoms with Crippen molar-refractivity contribution in [3.05, 3.63) is 11.8 Å². The number of rotatable bonds is 3. The quantitative estimate of drug-likeness (QED) is 0.854. The number of carbonyl (C=O) groups is 1. The Bertz CT molecular complexity index is 513. The lowest BCUT2D eigenvalue weighted by molar-refractivity contribution is -0.0869. The lowest BCUT2D eigenvalue weighted by atomic mass is 9.93. The molecule has 0 bridgehead atoms. The molecule has 0 radical (unpaired) electrons. The Hall–Kier alpha value is -1.63. The van der Waals surface area contributed by atoms with E-state index in [9.17, 15) is 4.79 Å². The zero-order valence-corrected chi connectivity index (χ0v) is 14.0. The van der Waals surface area contributed by atoms with Gasteiger partial charge in [-0.3, -0.25) is 0 Å². The topological polar surface area (TPSA) is 77.7 Å². The van der Waals surface area contributed by atoms with Gasteiger partial charge in [0.25, 0.3) is 0 Å². The van der Waals surface area contributed by atoms with Crippen molar-refractivity contribution in [2.75, 3.05) is 13.1 Å². The Balaban J connectivity index is 1.81. The second-order valence-electron chi connectivity index (χ2n) is 6.92. The van der Waals surface area contributed by atoms with Gasteiger partial charge >= 0.3 is 6.09 Å². The lowest BCUT2D eigenvalue weighted by Crippen LogP contribution is -2.47. The third kappa shape index (κ3) is 4.69. The molecular formula is C15H25N3O4. The summed E-state index contributed by atoms with van der Waals surface area (Å²) in [6.07, 6.45) is 1.24. The van der Waals surface area contributed by atoms with Gasteiger partial charge in [-0.2, -0.15) is 0 Å². The molecule has 0 aliphatic carbocycles. The van der Waals surface area contributed by atoms with Crippen LogP contribution in [0.4, 0.5) is 4.79 Å². The van der Waals surface area contributed by atoms with Crippen LogP contribution in [-0.2, 0) is 16.1 Å². The maximum absolute atomic E-state index is 12.0. The van der Waals surface area contributed by atoms with Gasteiger partial charge in [0.2, 0.25) is 11.8 Å². The molecule has 7 nitrogen and oxygen atoms in total. The van der Waals surface area contributed by atoms with E-state index in [2.05, 4.69) is 10.2 Å². The van der Waals surface area contributed by atoms with Crippen LogP contribution in [0.15, 0.2) is 4.42 Å². The molecule has 0 aromatic carbocycles. The smallest absolute Gasteiger partial charge is 0.410 e. The van der Waals surface area contributed by atoms with Gasteiger partial charge in [0, 0.05) is 20.0 Å². The average molecular weight is 311 g/mol. The van der Waals surface area contributed by atoms with Gasteiger partial charge in [0.1, 0.15) is 12.2 Å². The van der Waals surface area contributed by atoms with Crippen molar-refractivity contribution < 1.29 is 18.7 Å². The van der Waals surface area contributed by atoms with Gasteiger partial charge in [0.05, 0.1) is 5.60 Å². The molecule has 2 rings (SSSR count). The number of hydrogen-bond acceptors (Lipinski definition) is 6. The van der Waals surface area contributed by atoms with Crippen molar-refractivity contribution in [1.29, 1.82) is 0 Å². The monoisotopic (exact) mass is 311 g/mol. The van der Waals surface area contributed by atoms with Gasteiger partial charge in [-0.15, -0.1) is 10.2 Å². The van der Waals surface area contributed by atoms with Crippen molar-refractivity contribution in [3.8, 4) is 0 Å². The summed E-state index contributed by atoms with van der Waals surface area (Å²) in [5, 5.41) is 7.69. The number of hydrogen-bond donors (Lipinski definition) is 0. The maximum Gasteiger partial charge on any atom is 0.410 e. The van der Waals surface area contributed by atoms with Crippen molar-refractivity contribution in [2.24, 2.45) is 0 Å². The molecule has 1 aromatic heterocycles. The van der Waals surface area contributed by atoms with Crippen LogP contribution < -0.4 is 0 Å². The van der Waals surface area contributed by atoms with E-state index >= 15 is 0 Å². The van der Waals surface area contributed by atoms with E-state index < -0.39 is 5.60 Å². The van der Waals surface area contributed by atoms with Crippen LogP contribution in [0, 0.1) is 6.92 Å². The van der Waals surface area contributed by atoms with Crippen molar-refractivity contribution >= 4 is 6.09 Å². The van der Waals surface area contributed by atoms with Gasteiger partial charge in [-0.25, -0.2) is 4.79 Å². The summed E-state index contributed by atoms with van der Waals surface area (Å²) in [4.78, 5) is 13.8. The van der Waals surface area contributed by atoms with E-state index in [-0.39, 0.29) is 11.7 Å². The van der Waals surface area contributed by atoms with E-state index in [4.69, 9.17) is 13.9 Å². The van der Waals surface area contributed by atoms with Crippen LogP contribution in [-0.4, -0.2) is 45.5 Å². The number of nitrogens with zero attached hydrogens (tertiary/aromatic N) is 3. The van der Waals surface area contributed by atoms with E-state index in [0.717, 1.165) is 12.8 Å².